The van der Waals surface area contributed by atoms with E-state index in [1.165, 1.54) is 6.20 Å². The maximum atomic E-state index is 14.7. The van der Waals surface area contributed by atoms with E-state index in [-0.39, 0.29) is 30.0 Å². The highest BCUT2D eigenvalue weighted by atomic mass is 19.1. The lowest BCUT2D eigenvalue weighted by Crippen LogP contribution is -2.41. The van der Waals surface area contributed by atoms with Crippen LogP contribution < -0.4 is 4.90 Å². The molecule has 1 atom stereocenters. The second-order valence-corrected chi connectivity index (χ2v) is 7.56. The van der Waals surface area contributed by atoms with Crippen molar-refractivity contribution in [2.45, 2.75) is 6.10 Å². The number of aromatic nitrogens is 1. The van der Waals surface area contributed by atoms with E-state index in [0.29, 0.717) is 5.69 Å². The average Bonchev–Trinajstić information content (AvgIpc) is 3.14. The zero-order valence-electron chi connectivity index (χ0n) is 17.0. The van der Waals surface area contributed by atoms with Crippen LogP contribution in [0.25, 0.3) is 11.1 Å². The summed E-state index contributed by atoms with van der Waals surface area (Å²) in [5.74, 6) is -1.65. The minimum Gasteiger partial charge on any atom is -0.441 e. The van der Waals surface area contributed by atoms with Crippen LogP contribution in [-0.4, -0.2) is 84.8 Å². The van der Waals surface area contributed by atoms with Crippen LogP contribution in [0.2, 0.25) is 0 Å². The Morgan fingerprint density at radius 3 is 2.52 bits per heavy atom. The molecule has 0 aliphatic carbocycles. The maximum absolute atomic E-state index is 14.7. The van der Waals surface area contributed by atoms with Crippen molar-refractivity contribution in [1.29, 1.82) is 0 Å². The minimum atomic E-state index is -0.823. The molecule has 3 heterocycles. The first-order valence-corrected chi connectivity index (χ1v) is 9.96. The molecule has 1 aromatic carbocycles. The summed E-state index contributed by atoms with van der Waals surface area (Å²) in [5.41, 5.74) is 0.652. The van der Waals surface area contributed by atoms with E-state index in [1.54, 1.807) is 18.3 Å². The molecule has 2 saturated heterocycles. The molecule has 0 bridgehead atoms. The normalized spacial score (nSPS) is 20.0. The van der Waals surface area contributed by atoms with Crippen molar-refractivity contribution in [2.75, 3.05) is 51.3 Å². The van der Waals surface area contributed by atoms with Crippen molar-refractivity contribution in [3.05, 3.63) is 47.8 Å². The van der Waals surface area contributed by atoms with Crippen molar-refractivity contribution in [3.8, 4) is 11.1 Å². The Morgan fingerprint density at radius 1 is 1.23 bits per heavy atom. The molecule has 2 aliphatic rings. The van der Waals surface area contributed by atoms with Gasteiger partial charge in [-0.3, -0.25) is 14.9 Å². The fourth-order valence-electron chi connectivity index (χ4n) is 3.50. The van der Waals surface area contributed by atoms with Gasteiger partial charge in [0.05, 0.1) is 36.3 Å². The van der Waals surface area contributed by atoms with Gasteiger partial charge < -0.3 is 14.7 Å². The predicted octanol–water partition coefficient (Wildman–Crippen LogP) is 1.93. The van der Waals surface area contributed by atoms with Gasteiger partial charge in [-0.1, -0.05) is 6.07 Å². The van der Waals surface area contributed by atoms with Crippen LogP contribution >= 0.6 is 0 Å². The molecule has 0 spiro atoms. The molecule has 0 saturated carbocycles. The molecule has 4 rings (SSSR count). The van der Waals surface area contributed by atoms with Gasteiger partial charge >= 0.3 is 6.09 Å². The highest BCUT2D eigenvalue weighted by Gasteiger charge is 2.33. The first-order valence-electron chi connectivity index (χ1n) is 9.96. The summed E-state index contributed by atoms with van der Waals surface area (Å²) in [6.07, 6.45) is 1.54. The van der Waals surface area contributed by atoms with Crippen LogP contribution in [0.15, 0.2) is 35.6 Å². The summed E-state index contributed by atoms with van der Waals surface area (Å²) in [6, 6.07) is 5.36. The smallest absolute Gasteiger partial charge is 0.414 e. The molecule has 2 aliphatic heterocycles. The highest BCUT2D eigenvalue weighted by Crippen LogP contribution is 2.31. The number of hydrazone groups is 1. The van der Waals surface area contributed by atoms with Crippen LogP contribution in [0.4, 0.5) is 19.3 Å². The van der Waals surface area contributed by atoms with Gasteiger partial charge in [0.15, 0.2) is 0 Å². The van der Waals surface area contributed by atoms with Crippen molar-refractivity contribution in [3.63, 3.8) is 0 Å². The Bertz CT molecular complexity index is 954. The molecule has 2 aromatic rings. The number of hydrogen-bond donors (Lipinski definition) is 1. The lowest BCUT2D eigenvalue weighted by Gasteiger charge is -2.30. The van der Waals surface area contributed by atoms with E-state index < -0.39 is 23.8 Å². The zero-order chi connectivity index (χ0) is 22.0. The quantitative estimate of drug-likeness (QED) is 0.729. The van der Waals surface area contributed by atoms with Gasteiger partial charge in [0.25, 0.3) is 0 Å². The molecule has 0 radical (unpaired) electrons. The fraction of sp³-hybridized carbons (Fsp3) is 0.381. The molecule has 1 N–H and O–H groups in total. The molecule has 31 heavy (non-hydrogen) atoms. The fourth-order valence-corrected chi connectivity index (χ4v) is 3.50. The summed E-state index contributed by atoms with van der Waals surface area (Å²) < 4.78 is 34.4. The lowest BCUT2D eigenvalue weighted by molar-refractivity contribution is 0.0963. The lowest BCUT2D eigenvalue weighted by atomic mass is 10.0. The summed E-state index contributed by atoms with van der Waals surface area (Å²) in [6.45, 7) is 3.20. The number of likely N-dealkylation sites (N-methyl/N-ethyl adjacent to an activating group) is 1. The predicted molar refractivity (Wildman–Crippen MR) is 111 cm³/mol. The number of rotatable bonds is 5. The Morgan fingerprint density at radius 2 is 1.94 bits per heavy atom. The van der Waals surface area contributed by atoms with Crippen molar-refractivity contribution in [2.24, 2.45) is 5.10 Å². The van der Waals surface area contributed by atoms with Gasteiger partial charge in [-0.15, -0.1) is 0 Å². The number of carbonyl (C=O) groups excluding carboxylic acids is 1. The number of pyridine rings is 1. The molecular formula is C21H23F2N5O3. The first kappa shape index (κ1) is 21.1. The second kappa shape index (κ2) is 8.94. The van der Waals surface area contributed by atoms with Crippen LogP contribution in [0, 0.1) is 11.6 Å². The van der Waals surface area contributed by atoms with Crippen LogP contribution in [0.1, 0.15) is 5.69 Å². The number of anilines is 1. The number of cyclic esters (lactones) is 1. The number of nitrogens with zero attached hydrogens (tertiary/aromatic N) is 5. The van der Waals surface area contributed by atoms with Crippen molar-refractivity contribution >= 4 is 18.0 Å². The molecule has 164 valence electrons. The molecule has 8 nitrogen and oxygen atoms in total. The highest BCUT2D eigenvalue weighted by molar-refractivity contribution is 5.90. The average molecular weight is 431 g/mol. The Balaban J connectivity index is 1.50. The van der Waals surface area contributed by atoms with Gasteiger partial charge in [0.2, 0.25) is 0 Å². The van der Waals surface area contributed by atoms with Gasteiger partial charge in [-0.05, 0) is 25.2 Å². The summed E-state index contributed by atoms with van der Waals surface area (Å²) in [7, 11) is 2.06. The van der Waals surface area contributed by atoms with Crippen LogP contribution in [-0.2, 0) is 4.74 Å². The van der Waals surface area contributed by atoms with Gasteiger partial charge in [0.1, 0.15) is 17.7 Å². The van der Waals surface area contributed by atoms with Crippen molar-refractivity contribution in [1.82, 2.24) is 14.9 Å². The van der Waals surface area contributed by atoms with E-state index in [0.717, 1.165) is 43.2 Å². The third-order valence-corrected chi connectivity index (χ3v) is 5.32. The Kier molecular flexibility index (Phi) is 6.10. The molecular weight excluding hydrogens is 408 g/mol. The number of aliphatic hydroxyl groups is 1. The van der Waals surface area contributed by atoms with Gasteiger partial charge in [0, 0.05) is 37.9 Å². The number of hydrogen-bond acceptors (Lipinski definition) is 7. The molecule has 1 aromatic heterocycles. The Labute approximate surface area is 178 Å². The van der Waals surface area contributed by atoms with E-state index in [2.05, 4.69) is 22.0 Å². The largest absolute Gasteiger partial charge is 0.441 e. The topological polar surface area (TPSA) is 81.5 Å². The van der Waals surface area contributed by atoms with E-state index in [4.69, 9.17) is 9.84 Å². The summed E-state index contributed by atoms with van der Waals surface area (Å²) in [4.78, 5) is 19.4. The number of benzene rings is 1. The summed E-state index contributed by atoms with van der Waals surface area (Å²) >= 11 is 0. The van der Waals surface area contributed by atoms with Crippen LogP contribution in [0.5, 0.6) is 0 Å². The molecule has 10 heteroatoms. The Hall–Kier alpha value is -3.11. The number of halogens is 2. The van der Waals surface area contributed by atoms with Gasteiger partial charge in [-0.2, -0.15) is 5.10 Å². The number of piperazine rings is 1. The summed E-state index contributed by atoms with van der Waals surface area (Å²) in [5, 5.41) is 15.5. The minimum absolute atomic E-state index is 0.0243. The number of aliphatic hydroxyl groups excluding tert-OH is 1. The molecule has 2 fully saturated rings. The molecule has 1 amide bonds. The van der Waals surface area contributed by atoms with E-state index in [1.807, 2.05) is 5.01 Å². The van der Waals surface area contributed by atoms with E-state index in [9.17, 15) is 13.6 Å². The standard InChI is InChI=1S/C21H23F2N5O3/c1-26-4-6-27(7-5-26)25-11-15-3-2-14(10-24-15)20-18(22)8-16(9-19(20)23)28-12-17(13-29)31-21(28)30/h2-3,8-11,17,29H,4-7,12-13H2,1H3/b25-11+/t17-/m1/s1. The number of carbonyl (C=O) groups is 1. The van der Waals surface area contributed by atoms with Crippen molar-refractivity contribution < 1.29 is 23.4 Å². The second-order valence-electron chi connectivity index (χ2n) is 7.56. The first-order chi connectivity index (χ1) is 14.9. The van der Waals surface area contributed by atoms with Crippen LogP contribution in [0.3, 0.4) is 0 Å². The molecule has 0 unspecified atom stereocenters. The van der Waals surface area contributed by atoms with E-state index >= 15 is 0 Å². The van der Waals surface area contributed by atoms with Gasteiger partial charge in [-0.25, -0.2) is 13.6 Å². The third-order valence-electron chi connectivity index (χ3n) is 5.32. The number of amides is 1. The monoisotopic (exact) mass is 431 g/mol. The maximum Gasteiger partial charge on any atom is 0.414 e. The number of ether oxygens (including phenoxy) is 1. The zero-order valence-corrected chi connectivity index (χ0v) is 17.0. The SMILES string of the molecule is CN1CCN(/N=C/c2ccc(-c3c(F)cc(N4C[C@H](CO)OC4=O)cc3F)cn2)CC1. The third kappa shape index (κ3) is 4.64.